The number of hydrogen-bond donors (Lipinski definition) is 1. The van der Waals surface area contributed by atoms with Gasteiger partial charge in [-0.2, -0.15) is 0 Å². The second-order valence-electron chi connectivity index (χ2n) is 4.84. The number of carbonyl (C=O) groups is 1. The molecule has 23 heavy (non-hydrogen) atoms. The molecule has 1 N–H and O–H groups in total. The molecule has 0 aliphatic rings. The molecule has 0 fully saturated rings. The lowest BCUT2D eigenvalue weighted by atomic mass is 10.2. The molecule has 0 saturated carbocycles. The minimum absolute atomic E-state index is 0.151. The lowest BCUT2D eigenvalue weighted by Crippen LogP contribution is -2.12. The molecule has 8 heteroatoms. The fraction of sp³-hybridized carbons (Fsp3) is 0.133. The number of hydrogen-bond acceptors (Lipinski definition) is 5. The van der Waals surface area contributed by atoms with Crippen LogP contribution in [-0.4, -0.2) is 15.5 Å². The SMILES string of the molecule is Cc1c(C(=O)Nc2nc(-c3ccc(Br)cc3)cs2)sc(=O)n1C. The summed E-state index contributed by atoms with van der Waals surface area (Å²) in [6.45, 7) is 1.75. The van der Waals surface area contributed by atoms with Gasteiger partial charge in [0.15, 0.2) is 5.13 Å². The van der Waals surface area contributed by atoms with Crippen LogP contribution in [0.25, 0.3) is 11.3 Å². The van der Waals surface area contributed by atoms with Crippen molar-refractivity contribution in [1.82, 2.24) is 9.55 Å². The van der Waals surface area contributed by atoms with E-state index in [1.807, 2.05) is 29.6 Å². The van der Waals surface area contributed by atoms with Gasteiger partial charge in [0.05, 0.1) is 5.69 Å². The Balaban J connectivity index is 1.81. The Morgan fingerprint density at radius 1 is 1.30 bits per heavy atom. The molecular formula is C15H12BrN3O2S2. The first kappa shape index (κ1) is 16.1. The summed E-state index contributed by atoms with van der Waals surface area (Å²) in [5.74, 6) is -0.304. The Morgan fingerprint density at radius 2 is 2.00 bits per heavy atom. The monoisotopic (exact) mass is 409 g/mol. The van der Waals surface area contributed by atoms with E-state index in [9.17, 15) is 9.59 Å². The van der Waals surface area contributed by atoms with Crippen molar-refractivity contribution in [2.75, 3.05) is 5.32 Å². The zero-order valence-corrected chi connectivity index (χ0v) is 15.5. The average molecular weight is 410 g/mol. The van der Waals surface area contributed by atoms with Crippen LogP contribution in [0.15, 0.2) is 38.9 Å². The van der Waals surface area contributed by atoms with Gasteiger partial charge in [-0.25, -0.2) is 4.98 Å². The molecule has 3 rings (SSSR count). The van der Waals surface area contributed by atoms with Crippen LogP contribution in [0.4, 0.5) is 5.13 Å². The van der Waals surface area contributed by atoms with Gasteiger partial charge < -0.3 is 4.57 Å². The molecule has 118 valence electrons. The van der Waals surface area contributed by atoms with E-state index in [4.69, 9.17) is 0 Å². The quantitative estimate of drug-likeness (QED) is 0.713. The van der Waals surface area contributed by atoms with Gasteiger partial charge >= 0.3 is 4.87 Å². The normalized spacial score (nSPS) is 10.7. The van der Waals surface area contributed by atoms with Crippen molar-refractivity contribution in [3.63, 3.8) is 0 Å². The maximum atomic E-state index is 12.3. The summed E-state index contributed by atoms with van der Waals surface area (Å²) in [5, 5.41) is 5.16. The highest BCUT2D eigenvalue weighted by Gasteiger charge is 2.17. The Labute approximate surface area is 148 Å². The Hall–Kier alpha value is -1.77. The summed E-state index contributed by atoms with van der Waals surface area (Å²) in [4.78, 5) is 28.6. The summed E-state index contributed by atoms with van der Waals surface area (Å²) >= 11 is 5.69. The van der Waals surface area contributed by atoms with Crippen molar-refractivity contribution < 1.29 is 4.79 Å². The van der Waals surface area contributed by atoms with E-state index in [0.717, 1.165) is 27.1 Å². The third-order valence-corrected chi connectivity index (χ3v) is 5.79. The molecule has 0 aliphatic carbocycles. The lowest BCUT2D eigenvalue weighted by molar-refractivity contribution is 0.102. The molecule has 0 radical (unpaired) electrons. The molecule has 1 amide bonds. The van der Waals surface area contributed by atoms with Crippen LogP contribution in [0.3, 0.4) is 0 Å². The van der Waals surface area contributed by atoms with Crippen LogP contribution in [0, 0.1) is 6.92 Å². The van der Waals surface area contributed by atoms with Crippen molar-refractivity contribution >= 4 is 49.6 Å². The Morgan fingerprint density at radius 3 is 2.61 bits per heavy atom. The van der Waals surface area contributed by atoms with Crippen LogP contribution < -0.4 is 10.2 Å². The third-order valence-electron chi connectivity index (χ3n) is 3.37. The van der Waals surface area contributed by atoms with Gasteiger partial charge in [0, 0.05) is 28.2 Å². The van der Waals surface area contributed by atoms with Gasteiger partial charge in [-0.3, -0.25) is 14.9 Å². The smallest absolute Gasteiger partial charge is 0.306 e. The first-order valence-electron chi connectivity index (χ1n) is 6.65. The van der Waals surface area contributed by atoms with Crippen LogP contribution in [0.1, 0.15) is 15.4 Å². The highest BCUT2D eigenvalue weighted by atomic mass is 79.9. The molecule has 0 atom stereocenters. The average Bonchev–Trinajstić information content (AvgIpc) is 3.08. The van der Waals surface area contributed by atoms with Crippen molar-refractivity contribution in [3.8, 4) is 11.3 Å². The number of aromatic nitrogens is 2. The predicted octanol–water partition coefficient (Wildman–Crippen LogP) is 3.89. The number of nitrogens with one attached hydrogen (secondary N) is 1. The van der Waals surface area contributed by atoms with Gasteiger partial charge in [0.1, 0.15) is 4.88 Å². The molecule has 0 bridgehead atoms. The van der Waals surface area contributed by atoms with Crippen LogP contribution >= 0.6 is 38.6 Å². The standard InChI is InChI=1S/C15H12BrN3O2S2/c1-8-12(23-15(21)19(8)2)13(20)18-14-17-11(7-22-14)9-3-5-10(16)6-4-9/h3-7H,1-2H3,(H,17,18,20). The van der Waals surface area contributed by atoms with E-state index in [1.165, 1.54) is 15.9 Å². The molecule has 2 aromatic heterocycles. The summed E-state index contributed by atoms with van der Waals surface area (Å²) in [6.07, 6.45) is 0. The Bertz CT molecular complexity index is 925. The minimum atomic E-state index is -0.304. The van der Waals surface area contributed by atoms with E-state index in [0.29, 0.717) is 15.7 Å². The van der Waals surface area contributed by atoms with Gasteiger partial charge in [-0.05, 0) is 19.1 Å². The number of rotatable bonds is 3. The largest absolute Gasteiger partial charge is 0.307 e. The summed E-state index contributed by atoms with van der Waals surface area (Å²) in [5.41, 5.74) is 2.43. The second kappa shape index (κ2) is 6.38. The van der Waals surface area contributed by atoms with E-state index in [1.54, 1.807) is 14.0 Å². The molecule has 1 aromatic carbocycles. The van der Waals surface area contributed by atoms with E-state index >= 15 is 0 Å². The third kappa shape index (κ3) is 3.29. The minimum Gasteiger partial charge on any atom is -0.306 e. The zero-order chi connectivity index (χ0) is 16.6. The fourth-order valence-corrected chi connectivity index (χ4v) is 3.82. The fourth-order valence-electron chi connectivity index (χ4n) is 1.97. The molecule has 3 aromatic rings. The molecule has 5 nitrogen and oxygen atoms in total. The highest BCUT2D eigenvalue weighted by molar-refractivity contribution is 9.10. The summed E-state index contributed by atoms with van der Waals surface area (Å²) in [6, 6.07) is 7.80. The van der Waals surface area contributed by atoms with Gasteiger partial charge in [0.25, 0.3) is 5.91 Å². The number of thiazole rings is 2. The molecular weight excluding hydrogens is 398 g/mol. The maximum absolute atomic E-state index is 12.3. The predicted molar refractivity (Wildman–Crippen MR) is 97.5 cm³/mol. The van der Waals surface area contributed by atoms with Crippen LogP contribution in [0.2, 0.25) is 0 Å². The number of carbonyl (C=O) groups excluding carboxylic acids is 1. The zero-order valence-electron chi connectivity index (χ0n) is 12.3. The number of amides is 1. The highest BCUT2D eigenvalue weighted by Crippen LogP contribution is 2.26. The molecule has 0 unspecified atom stereocenters. The van der Waals surface area contributed by atoms with E-state index < -0.39 is 0 Å². The molecule has 0 aliphatic heterocycles. The maximum Gasteiger partial charge on any atom is 0.307 e. The van der Waals surface area contributed by atoms with Gasteiger partial charge in [-0.15, -0.1) is 11.3 Å². The van der Waals surface area contributed by atoms with Crippen molar-refractivity contribution in [2.24, 2.45) is 7.05 Å². The number of benzene rings is 1. The second-order valence-corrected chi connectivity index (χ2v) is 7.58. The number of halogens is 1. The summed E-state index contributed by atoms with van der Waals surface area (Å²) in [7, 11) is 1.65. The number of nitrogens with zero attached hydrogens (tertiary/aromatic N) is 2. The van der Waals surface area contributed by atoms with Crippen molar-refractivity contribution in [3.05, 3.63) is 54.4 Å². The van der Waals surface area contributed by atoms with Crippen LogP contribution in [0.5, 0.6) is 0 Å². The van der Waals surface area contributed by atoms with Gasteiger partial charge in [-0.1, -0.05) is 39.4 Å². The van der Waals surface area contributed by atoms with Crippen LogP contribution in [-0.2, 0) is 7.05 Å². The topological polar surface area (TPSA) is 64.0 Å². The lowest BCUT2D eigenvalue weighted by Gasteiger charge is -2.01. The van der Waals surface area contributed by atoms with E-state index in [-0.39, 0.29) is 10.8 Å². The molecule has 0 saturated heterocycles. The van der Waals surface area contributed by atoms with Crippen molar-refractivity contribution in [1.29, 1.82) is 0 Å². The first-order chi connectivity index (χ1) is 11.0. The Kier molecular flexibility index (Phi) is 4.47. The molecule has 0 spiro atoms. The van der Waals surface area contributed by atoms with E-state index in [2.05, 4.69) is 26.2 Å². The van der Waals surface area contributed by atoms with Gasteiger partial charge in [0.2, 0.25) is 0 Å². The summed E-state index contributed by atoms with van der Waals surface area (Å²) < 4.78 is 2.47. The van der Waals surface area contributed by atoms with Crippen molar-refractivity contribution in [2.45, 2.75) is 6.92 Å². The first-order valence-corrected chi connectivity index (χ1v) is 9.14. The molecule has 2 heterocycles. The number of anilines is 1.